The molecule has 0 saturated heterocycles. The first-order chi connectivity index (χ1) is 9.56. The first kappa shape index (κ1) is 12.5. The van der Waals surface area contributed by atoms with Crippen LogP contribution < -0.4 is 4.72 Å². The van der Waals surface area contributed by atoms with Crippen LogP contribution in [0.3, 0.4) is 0 Å². The van der Waals surface area contributed by atoms with Gasteiger partial charge in [0, 0.05) is 6.20 Å². The van der Waals surface area contributed by atoms with Gasteiger partial charge < -0.3 is 0 Å². The van der Waals surface area contributed by atoms with Crippen LogP contribution in [0.4, 0.5) is 5.82 Å². The molecule has 1 aromatic carbocycles. The molecule has 7 nitrogen and oxygen atoms in total. The number of aryl methyl sites for hydroxylation is 1. The molecule has 0 bridgehead atoms. The second-order valence-electron chi connectivity index (χ2n) is 4.21. The molecule has 0 radical (unpaired) electrons. The molecule has 2 heterocycles. The molecule has 0 fully saturated rings. The van der Waals surface area contributed by atoms with Gasteiger partial charge in [-0.2, -0.15) is 0 Å². The zero-order chi connectivity index (χ0) is 14.2. The molecule has 0 aliphatic rings. The summed E-state index contributed by atoms with van der Waals surface area (Å²) in [5, 5.41) is 7.24. The van der Waals surface area contributed by atoms with Crippen LogP contribution >= 0.6 is 0 Å². The minimum absolute atomic E-state index is 0.000411. The number of hydrogen-bond donors (Lipinski definition) is 1. The highest BCUT2D eigenvalue weighted by atomic mass is 32.2. The third-order valence-electron chi connectivity index (χ3n) is 2.69. The van der Waals surface area contributed by atoms with Crippen molar-refractivity contribution in [2.75, 3.05) is 4.72 Å². The number of aromatic nitrogens is 3. The molecule has 102 valence electrons. The lowest BCUT2D eigenvalue weighted by Gasteiger charge is -2.07. The number of nitrogens with zero attached hydrogens (tertiary/aromatic N) is 3. The molecular weight excluding hydrogens is 280 g/mol. The van der Waals surface area contributed by atoms with Crippen LogP contribution in [-0.2, 0) is 10.0 Å². The average Bonchev–Trinajstić information content (AvgIpc) is 2.85. The quantitative estimate of drug-likeness (QED) is 0.788. The van der Waals surface area contributed by atoms with Gasteiger partial charge in [0.15, 0.2) is 5.52 Å². The number of benzene rings is 1. The van der Waals surface area contributed by atoms with Gasteiger partial charge in [0.25, 0.3) is 10.0 Å². The smallest absolute Gasteiger partial charge is 0.263 e. The molecule has 0 spiro atoms. The Bertz CT molecular complexity index is 873. The number of fused-ring (bicyclic) bond motifs is 1. The Morgan fingerprint density at radius 3 is 2.85 bits per heavy atom. The van der Waals surface area contributed by atoms with Gasteiger partial charge in [-0.3, -0.25) is 4.72 Å². The summed E-state index contributed by atoms with van der Waals surface area (Å²) in [6, 6.07) is 8.05. The fourth-order valence-electron chi connectivity index (χ4n) is 1.78. The van der Waals surface area contributed by atoms with Gasteiger partial charge in [-0.15, -0.1) is 0 Å². The van der Waals surface area contributed by atoms with Crippen molar-refractivity contribution < 1.29 is 13.0 Å². The number of sulfonamides is 1. The van der Waals surface area contributed by atoms with Gasteiger partial charge in [-0.25, -0.2) is 18.0 Å². The van der Waals surface area contributed by atoms with E-state index in [-0.39, 0.29) is 16.2 Å². The van der Waals surface area contributed by atoms with E-state index in [4.69, 9.17) is 0 Å². The van der Waals surface area contributed by atoms with E-state index in [0.29, 0.717) is 5.52 Å². The summed E-state index contributed by atoms with van der Waals surface area (Å²) in [6.07, 6.45) is 1.53. The molecule has 0 atom stereocenters. The van der Waals surface area contributed by atoms with Crippen molar-refractivity contribution in [1.82, 2.24) is 15.3 Å². The van der Waals surface area contributed by atoms with Crippen molar-refractivity contribution in [3.63, 3.8) is 0 Å². The molecule has 3 rings (SSSR count). The van der Waals surface area contributed by atoms with E-state index in [2.05, 4.69) is 24.6 Å². The van der Waals surface area contributed by atoms with E-state index in [1.54, 1.807) is 24.3 Å². The molecule has 20 heavy (non-hydrogen) atoms. The summed E-state index contributed by atoms with van der Waals surface area (Å²) < 4.78 is 31.7. The zero-order valence-electron chi connectivity index (χ0n) is 10.4. The highest BCUT2D eigenvalue weighted by Gasteiger charge is 2.20. The summed E-state index contributed by atoms with van der Waals surface area (Å²) in [4.78, 5) is 3.97. The fraction of sp³-hybridized carbons (Fsp3) is 0.0833. The number of rotatable bonds is 3. The van der Waals surface area contributed by atoms with E-state index in [9.17, 15) is 8.42 Å². The molecule has 0 amide bonds. The van der Waals surface area contributed by atoms with Crippen LogP contribution in [0.2, 0.25) is 0 Å². The molecule has 1 N–H and O–H groups in total. The van der Waals surface area contributed by atoms with Crippen molar-refractivity contribution in [2.24, 2.45) is 0 Å². The molecule has 0 unspecified atom stereocenters. The largest absolute Gasteiger partial charge is 0.265 e. The molecular formula is C12H10N4O3S. The lowest BCUT2D eigenvalue weighted by Crippen LogP contribution is -2.14. The number of pyridine rings is 1. The Balaban J connectivity index is 2.06. The van der Waals surface area contributed by atoms with Crippen molar-refractivity contribution in [1.29, 1.82) is 0 Å². The first-order valence-corrected chi connectivity index (χ1v) is 7.21. The topological polar surface area (TPSA) is 98.0 Å². The van der Waals surface area contributed by atoms with Crippen LogP contribution in [0, 0.1) is 6.92 Å². The predicted octanol–water partition coefficient (Wildman–Crippen LogP) is 1.73. The SMILES string of the molecule is Cc1ccnc(NS(=O)(=O)c2cccc3nonc23)c1. The molecule has 0 aliphatic carbocycles. The lowest BCUT2D eigenvalue weighted by atomic mass is 10.3. The van der Waals surface area contributed by atoms with Crippen LogP contribution in [-0.4, -0.2) is 23.7 Å². The fourth-order valence-corrected chi connectivity index (χ4v) is 2.93. The summed E-state index contributed by atoms with van der Waals surface area (Å²) >= 11 is 0. The van der Waals surface area contributed by atoms with E-state index < -0.39 is 10.0 Å². The van der Waals surface area contributed by atoms with Gasteiger partial charge in [0.05, 0.1) is 0 Å². The van der Waals surface area contributed by atoms with E-state index in [1.165, 1.54) is 12.3 Å². The predicted molar refractivity (Wildman–Crippen MR) is 71.6 cm³/mol. The van der Waals surface area contributed by atoms with Gasteiger partial charge in [0.1, 0.15) is 16.2 Å². The molecule has 8 heteroatoms. The third kappa shape index (κ3) is 2.21. The van der Waals surface area contributed by atoms with E-state index >= 15 is 0 Å². The van der Waals surface area contributed by atoms with Gasteiger partial charge in [-0.1, -0.05) is 6.07 Å². The van der Waals surface area contributed by atoms with Gasteiger partial charge in [0.2, 0.25) is 0 Å². The highest BCUT2D eigenvalue weighted by Crippen LogP contribution is 2.21. The second kappa shape index (κ2) is 4.57. The maximum atomic E-state index is 12.4. The van der Waals surface area contributed by atoms with Gasteiger partial charge in [-0.05, 0) is 47.1 Å². The van der Waals surface area contributed by atoms with Crippen LogP contribution in [0.25, 0.3) is 11.0 Å². The molecule has 0 aliphatic heterocycles. The Labute approximate surface area is 114 Å². The number of nitrogens with one attached hydrogen (secondary N) is 1. The first-order valence-electron chi connectivity index (χ1n) is 5.73. The van der Waals surface area contributed by atoms with Crippen molar-refractivity contribution >= 4 is 26.9 Å². The maximum absolute atomic E-state index is 12.4. The third-order valence-corrected chi connectivity index (χ3v) is 4.08. The maximum Gasteiger partial charge on any atom is 0.265 e. The standard InChI is InChI=1S/C12H10N4O3S/c1-8-5-6-13-11(7-8)16-20(17,18)10-4-2-3-9-12(10)15-19-14-9/h2-7H,1H3,(H,13,16). The summed E-state index contributed by atoms with van der Waals surface area (Å²) in [5.74, 6) is 0.249. The number of anilines is 1. The van der Waals surface area contributed by atoms with Gasteiger partial charge >= 0.3 is 0 Å². The normalized spacial score (nSPS) is 11.7. The van der Waals surface area contributed by atoms with Crippen LogP contribution in [0.5, 0.6) is 0 Å². The summed E-state index contributed by atoms with van der Waals surface area (Å²) in [6.45, 7) is 1.85. The Kier molecular flexibility index (Phi) is 2.87. The Morgan fingerprint density at radius 1 is 1.20 bits per heavy atom. The Hall–Kier alpha value is -2.48. The van der Waals surface area contributed by atoms with E-state index in [1.807, 2.05) is 6.92 Å². The lowest BCUT2D eigenvalue weighted by molar-refractivity contribution is 0.315. The van der Waals surface area contributed by atoms with Crippen LogP contribution in [0.1, 0.15) is 5.56 Å². The minimum Gasteiger partial charge on any atom is -0.263 e. The van der Waals surface area contributed by atoms with Crippen molar-refractivity contribution in [3.05, 3.63) is 42.1 Å². The highest BCUT2D eigenvalue weighted by molar-refractivity contribution is 7.93. The van der Waals surface area contributed by atoms with E-state index in [0.717, 1.165) is 5.56 Å². The zero-order valence-corrected chi connectivity index (χ0v) is 11.3. The minimum atomic E-state index is -3.80. The summed E-state index contributed by atoms with van der Waals surface area (Å²) in [7, 11) is -3.80. The average molecular weight is 290 g/mol. The monoisotopic (exact) mass is 290 g/mol. The van der Waals surface area contributed by atoms with Crippen LogP contribution in [0.15, 0.2) is 46.1 Å². The Morgan fingerprint density at radius 2 is 2.05 bits per heavy atom. The van der Waals surface area contributed by atoms with Crippen molar-refractivity contribution in [2.45, 2.75) is 11.8 Å². The molecule has 2 aromatic heterocycles. The second-order valence-corrected chi connectivity index (χ2v) is 5.86. The molecule has 0 saturated carbocycles. The van der Waals surface area contributed by atoms with Crippen molar-refractivity contribution in [3.8, 4) is 0 Å². The summed E-state index contributed by atoms with van der Waals surface area (Å²) in [5.41, 5.74) is 1.47. The number of hydrogen-bond acceptors (Lipinski definition) is 6. The molecule has 3 aromatic rings.